The van der Waals surface area contributed by atoms with E-state index in [0.29, 0.717) is 0 Å². The van der Waals surface area contributed by atoms with Crippen LogP contribution in [-0.2, 0) is 6.42 Å². The number of rotatable bonds is 2. The van der Waals surface area contributed by atoms with E-state index in [4.69, 9.17) is 0 Å². The normalized spacial score (nSPS) is 33.1. The van der Waals surface area contributed by atoms with Crippen LogP contribution in [0.4, 0.5) is 0 Å². The average Bonchev–Trinajstić information content (AvgIpc) is 2.55. The summed E-state index contributed by atoms with van der Waals surface area (Å²) in [5.74, 6) is 0. The fraction of sp³-hybridized carbons (Fsp3) is 0.636. The molecule has 1 nitrogen and oxygen atoms in total. The average molecular weight is 227 g/mol. The largest absolute Gasteiger partial charge is 0.303 e. The van der Waals surface area contributed by atoms with E-state index in [1.807, 2.05) is 0 Å². The smallest absolute Gasteiger partial charge is 0.0660 e. The minimum absolute atomic E-state index is 0.249. The number of thiophene rings is 1. The maximum absolute atomic E-state index is 3.63. The van der Waals surface area contributed by atoms with E-state index in [2.05, 4.69) is 47.8 Å². The lowest BCUT2D eigenvalue weighted by atomic mass is 10.1. The Bertz CT molecular complexity index is 283. The monoisotopic (exact) mass is 227 g/mol. The van der Waals surface area contributed by atoms with Gasteiger partial charge in [0, 0.05) is 11.7 Å². The molecule has 1 saturated heterocycles. The van der Waals surface area contributed by atoms with Crippen LogP contribution in [0, 0.1) is 0 Å². The molecule has 1 aromatic heterocycles. The molecular formula is C11H17NS2. The van der Waals surface area contributed by atoms with Crippen LogP contribution in [0.2, 0.25) is 0 Å². The maximum Gasteiger partial charge on any atom is 0.0660 e. The lowest BCUT2D eigenvalue weighted by molar-refractivity contribution is 0.467. The van der Waals surface area contributed by atoms with Crippen LogP contribution >= 0.6 is 23.1 Å². The Balaban J connectivity index is 2.01. The van der Waals surface area contributed by atoms with Gasteiger partial charge < -0.3 is 5.32 Å². The van der Waals surface area contributed by atoms with Crippen molar-refractivity contribution in [3.8, 4) is 0 Å². The number of hydrogen-bond acceptors (Lipinski definition) is 3. The second-order valence-corrected chi connectivity index (χ2v) is 6.90. The molecule has 0 saturated carbocycles. The molecule has 2 heterocycles. The SMILES string of the molecule is CC1CCNC(C)(Cc2ccsc2)S1. The highest BCUT2D eigenvalue weighted by atomic mass is 32.2. The van der Waals surface area contributed by atoms with Crippen LogP contribution < -0.4 is 5.32 Å². The lowest BCUT2D eigenvalue weighted by Gasteiger charge is -2.37. The van der Waals surface area contributed by atoms with Crippen molar-refractivity contribution in [2.24, 2.45) is 0 Å². The first-order valence-electron chi connectivity index (χ1n) is 5.12. The summed E-state index contributed by atoms with van der Waals surface area (Å²) in [6.45, 7) is 5.82. The topological polar surface area (TPSA) is 12.0 Å². The number of nitrogens with one attached hydrogen (secondary N) is 1. The van der Waals surface area contributed by atoms with Crippen molar-refractivity contribution < 1.29 is 0 Å². The Kier molecular flexibility index (Phi) is 3.20. The van der Waals surface area contributed by atoms with Crippen LogP contribution in [0.1, 0.15) is 25.8 Å². The van der Waals surface area contributed by atoms with Gasteiger partial charge in [-0.3, -0.25) is 0 Å². The molecular weight excluding hydrogens is 210 g/mol. The van der Waals surface area contributed by atoms with E-state index < -0.39 is 0 Å². The molecule has 1 aliphatic heterocycles. The van der Waals surface area contributed by atoms with Crippen molar-refractivity contribution in [2.75, 3.05) is 6.54 Å². The molecule has 78 valence electrons. The molecule has 14 heavy (non-hydrogen) atoms. The van der Waals surface area contributed by atoms with Crippen LogP contribution in [0.15, 0.2) is 16.8 Å². The van der Waals surface area contributed by atoms with Gasteiger partial charge in [-0.2, -0.15) is 11.3 Å². The molecule has 1 aromatic rings. The van der Waals surface area contributed by atoms with Gasteiger partial charge in [-0.05, 0) is 42.3 Å². The fourth-order valence-corrected chi connectivity index (χ4v) is 4.20. The van der Waals surface area contributed by atoms with E-state index in [1.54, 1.807) is 11.3 Å². The third-order valence-electron chi connectivity index (χ3n) is 2.63. The summed E-state index contributed by atoms with van der Waals surface area (Å²) < 4.78 is 0. The molecule has 2 rings (SSSR count). The Morgan fingerprint density at radius 3 is 3.14 bits per heavy atom. The van der Waals surface area contributed by atoms with Crippen molar-refractivity contribution in [3.05, 3.63) is 22.4 Å². The second kappa shape index (κ2) is 4.25. The van der Waals surface area contributed by atoms with Crippen LogP contribution in [-0.4, -0.2) is 16.7 Å². The van der Waals surface area contributed by atoms with Crippen molar-refractivity contribution in [1.82, 2.24) is 5.32 Å². The van der Waals surface area contributed by atoms with Gasteiger partial charge in [-0.15, -0.1) is 11.8 Å². The van der Waals surface area contributed by atoms with Crippen LogP contribution in [0.5, 0.6) is 0 Å². The van der Waals surface area contributed by atoms with Crippen LogP contribution in [0.3, 0.4) is 0 Å². The van der Waals surface area contributed by atoms with E-state index in [0.717, 1.165) is 18.2 Å². The van der Waals surface area contributed by atoms with Crippen LogP contribution in [0.25, 0.3) is 0 Å². The van der Waals surface area contributed by atoms with Crippen molar-refractivity contribution >= 4 is 23.1 Å². The van der Waals surface area contributed by atoms with Gasteiger partial charge >= 0.3 is 0 Å². The summed E-state index contributed by atoms with van der Waals surface area (Å²) >= 11 is 3.87. The van der Waals surface area contributed by atoms with E-state index in [9.17, 15) is 0 Å². The molecule has 0 radical (unpaired) electrons. The fourth-order valence-electron chi connectivity index (χ4n) is 1.97. The molecule has 1 N–H and O–H groups in total. The van der Waals surface area contributed by atoms with E-state index in [1.165, 1.54) is 12.0 Å². The summed E-state index contributed by atoms with van der Waals surface area (Å²) in [6.07, 6.45) is 2.44. The zero-order valence-corrected chi connectivity index (χ0v) is 10.4. The van der Waals surface area contributed by atoms with Gasteiger partial charge in [0.25, 0.3) is 0 Å². The second-order valence-electron chi connectivity index (χ2n) is 4.18. The zero-order chi connectivity index (χ0) is 10.0. The van der Waals surface area contributed by atoms with Gasteiger partial charge in [0.05, 0.1) is 4.87 Å². The Morgan fingerprint density at radius 2 is 2.50 bits per heavy atom. The molecule has 1 fully saturated rings. The molecule has 0 bridgehead atoms. The third kappa shape index (κ3) is 2.53. The lowest BCUT2D eigenvalue weighted by Crippen LogP contribution is -2.47. The maximum atomic E-state index is 3.63. The predicted octanol–water partition coefficient (Wildman–Crippen LogP) is 3.12. The molecule has 0 spiro atoms. The predicted molar refractivity (Wildman–Crippen MR) is 66.1 cm³/mol. The van der Waals surface area contributed by atoms with Crippen molar-refractivity contribution in [2.45, 2.75) is 36.8 Å². The summed E-state index contributed by atoms with van der Waals surface area (Å²) in [6, 6.07) is 2.23. The Hall–Kier alpha value is 0.01000. The van der Waals surface area contributed by atoms with Gasteiger partial charge in [-0.25, -0.2) is 0 Å². The quantitative estimate of drug-likeness (QED) is 0.833. The third-order valence-corrected chi connectivity index (χ3v) is 4.81. The molecule has 2 unspecified atom stereocenters. The van der Waals surface area contributed by atoms with E-state index in [-0.39, 0.29) is 4.87 Å². The minimum Gasteiger partial charge on any atom is -0.303 e. The highest BCUT2D eigenvalue weighted by Crippen LogP contribution is 2.34. The summed E-state index contributed by atoms with van der Waals surface area (Å²) in [5, 5.41) is 8.84. The Morgan fingerprint density at radius 1 is 1.64 bits per heavy atom. The number of thioether (sulfide) groups is 1. The Labute approximate surface area is 94.3 Å². The molecule has 3 heteroatoms. The molecule has 0 aromatic carbocycles. The molecule has 0 aliphatic carbocycles. The number of hydrogen-bond donors (Lipinski definition) is 1. The highest BCUT2D eigenvalue weighted by Gasteiger charge is 2.30. The standard InChI is InChI=1S/C11H17NS2/c1-9-3-5-12-11(2,14-9)7-10-4-6-13-8-10/h4,6,8-9,12H,3,5,7H2,1-2H3. The highest BCUT2D eigenvalue weighted by molar-refractivity contribution is 8.01. The van der Waals surface area contributed by atoms with E-state index >= 15 is 0 Å². The van der Waals surface area contributed by atoms with Crippen molar-refractivity contribution in [1.29, 1.82) is 0 Å². The van der Waals surface area contributed by atoms with Gasteiger partial charge in [0.1, 0.15) is 0 Å². The van der Waals surface area contributed by atoms with Gasteiger partial charge in [-0.1, -0.05) is 6.92 Å². The summed E-state index contributed by atoms with van der Waals surface area (Å²) in [4.78, 5) is 0.249. The molecule has 2 atom stereocenters. The van der Waals surface area contributed by atoms with Crippen molar-refractivity contribution in [3.63, 3.8) is 0 Å². The first-order valence-corrected chi connectivity index (χ1v) is 6.94. The first kappa shape index (κ1) is 10.5. The van der Waals surface area contributed by atoms with Gasteiger partial charge in [0.2, 0.25) is 0 Å². The molecule has 0 amide bonds. The summed E-state index contributed by atoms with van der Waals surface area (Å²) in [5.41, 5.74) is 1.46. The summed E-state index contributed by atoms with van der Waals surface area (Å²) in [7, 11) is 0. The van der Waals surface area contributed by atoms with Gasteiger partial charge in [0.15, 0.2) is 0 Å². The molecule has 1 aliphatic rings. The zero-order valence-electron chi connectivity index (χ0n) is 8.75. The first-order chi connectivity index (χ1) is 6.68. The minimum atomic E-state index is 0.249.